The van der Waals surface area contributed by atoms with Crippen molar-refractivity contribution in [2.24, 2.45) is 0 Å². The van der Waals surface area contributed by atoms with Crippen molar-refractivity contribution in [1.82, 2.24) is 0 Å². The molecule has 0 amide bonds. The number of hydrogen-bond acceptors (Lipinski definition) is 3. The molecule has 0 spiro atoms. The Hall–Kier alpha value is -2.24. The first-order valence-electron chi connectivity index (χ1n) is 4.44. The molecule has 0 bridgehead atoms. The highest BCUT2D eigenvalue weighted by molar-refractivity contribution is 6.38. The Morgan fingerprint density at radius 3 is 2.24 bits per heavy atom. The fraction of sp³-hybridized carbons (Fsp3) is 0.0909. The predicted molar refractivity (Wildman–Crippen MR) is 54.6 cm³/mol. The average molecular weight is 242 g/mol. The van der Waals surface area contributed by atoms with Gasteiger partial charge in [-0.3, -0.25) is 4.79 Å². The van der Waals surface area contributed by atoms with Crippen LogP contribution in [0.15, 0.2) is 18.2 Å². The second kappa shape index (κ2) is 5.20. The van der Waals surface area contributed by atoms with Crippen molar-refractivity contribution in [2.75, 3.05) is 7.11 Å². The van der Waals surface area contributed by atoms with Crippen molar-refractivity contribution in [3.63, 3.8) is 0 Å². The lowest BCUT2D eigenvalue weighted by Gasteiger charge is -2.03. The van der Waals surface area contributed by atoms with E-state index in [0.29, 0.717) is 6.08 Å². The Bertz CT molecular complexity index is 471. The molecule has 17 heavy (non-hydrogen) atoms. The topological polar surface area (TPSA) is 63.6 Å². The fourth-order valence-corrected chi connectivity index (χ4v) is 1.07. The van der Waals surface area contributed by atoms with E-state index in [-0.39, 0.29) is 5.75 Å². The first-order chi connectivity index (χ1) is 7.95. The molecule has 0 unspecified atom stereocenters. The van der Waals surface area contributed by atoms with Crippen LogP contribution >= 0.6 is 0 Å². The zero-order valence-electron chi connectivity index (χ0n) is 8.74. The van der Waals surface area contributed by atoms with Crippen molar-refractivity contribution in [3.8, 4) is 5.75 Å². The molecule has 0 heterocycles. The molecule has 0 aromatic heterocycles. The Balaban J connectivity index is 3.07. The molecule has 0 radical (unpaired) electrons. The SMILES string of the molecule is COc1cc(F)c(/C=C/C(=O)C(=O)O)c(F)c1. The standard InChI is InChI=1S/C11H8F2O4/c1-17-6-4-8(12)7(9(13)5-6)2-3-10(14)11(15)16/h2-5H,1H3,(H,15,16)/b3-2+. The molecule has 0 fully saturated rings. The number of carbonyl (C=O) groups excluding carboxylic acids is 1. The van der Waals surface area contributed by atoms with E-state index in [4.69, 9.17) is 5.11 Å². The van der Waals surface area contributed by atoms with E-state index < -0.39 is 29.0 Å². The van der Waals surface area contributed by atoms with Gasteiger partial charge in [-0.15, -0.1) is 0 Å². The zero-order valence-corrected chi connectivity index (χ0v) is 8.74. The molecular formula is C11H8F2O4. The van der Waals surface area contributed by atoms with Crippen LogP contribution in [0, 0.1) is 11.6 Å². The number of benzene rings is 1. The molecule has 0 saturated carbocycles. The summed E-state index contributed by atoms with van der Waals surface area (Å²) < 4.78 is 31.3. The summed E-state index contributed by atoms with van der Waals surface area (Å²) in [6.45, 7) is 0. The van der Waals surface area contributed by atoms with Crippen LogP contribution in [0.4, 0.5) is 8.78 Å². The van der Waals surface area contributed by atoms with E-state index in [9.17, 15) is 18.4 Å². The van der Waals surface area contributed by atoms with Gasteiger partial charge in [0.15, 0.2) is 0 Å². The Labute approximate surface area is 95.1 Å². The molecule has 1 aromatic rings. The number of methoxy groups -OCH3 is 1. The maximum Gasteiger partial charge on any atom is 0.376 e. The number of carboxylic acid groups (broad SMARTS) is 1. The van der Waals surface area contributed by atoms with E-state index in [0.717, 1.165) is 18.2 Å². The monoisotopic (exact) mass is 242 g/mol. The molecule has 6 heteroatoms. The summed E-state index contributed by atoms with van der Waals surface area (Å²) >= 11 is 0. The Kier molecular flexibility index (Phi) is 3.92. The van der Waals surface area contributed by atoms with Crippen molar-refractivity contribution >= 4 is 17.8 Å². The minimum Gasteiger partial charge on any atom is -0.497 e. The summed E-state index contributed by atoms with van der Waals surface area (Å²) in [6, 6.07) is 1.85. The lowest BCUT2D eigenvalue weighted by molar-refractivity contribution is -0.146. The molecule has 0 saturated heterocycles. The highest BCUT2D eigenvalue weighted by Crippen LogP contribution is 2.21. The molecule has 1 N–H and O–H groups in total. The number of aliphatic carboxylic acids is 1. The maximum absolute atomic E-state index is 13.3. The van der Waals surface area contributed by atoms with E-state index in [1.54, 1.807) is 0 Å². The van der Waals surface area contributed by atoms with Gasteiger partial charge in [0.1, 0.15) is 17.4 Å². The molecule has 4 nitrogen and oxygen atoms in total. The minimum absolute atomic E-state index is 0.0123. The first kappa shape index (κ1) is 12.8. The molecule has 0 aliphatic rings. The van der Waals surface area contributed by atoms with Gasteiger partial charge >= 0.3 is 5.97 Å². The Morgan fingerprint density at radius 1 is 1.29 bits per heavy atom. The largest absolute Gasteiger partial charge is 0.497 e. The van der Waals surface area contributed by atoms with E-state index in [1.165, 1.54) is 7.11 Å². The number of rotatable bonds is 4. The first-order valence-corrected chi connectivity index (χ1v) is 4.44. The second-order valence-electron chi connectivity index (χ2n) is 3.01. The summed E-state index contributed by atoms with van der Waals surface area (Å²) in [6.07, 6.45) is 1.34. The second-order valence-corrected chi connectivity index (χ2v) is 3.01. The van der Waals surface area contributed by atoms with Crippen LogP contribution in [0.2, 0.25) is 0 Å². The number of hydrogen-bond donors (Lipinski definition) is 1. The third-order valence-electron chi connectivity index (χ3n) is 1.90. The van der Waals surface area contributed by atoms with Gasteiger partial charge in [0.05, 0.1) is 7.11 Å². The molecule has 0 atom stereocenters. The highest BCUT2D eigenvalue weighted by atomic mass is 19.1. The normalized spacial score (nSPS) is 10.5. The van der Waals surface area contributed by atoms with Crippen molar-refractivity contribution in [2.45, 2.75) is 0 Å². The minimum atomic E-state index is -1.70. The molecule has 0 aliphatic carbocycles. The van der Waals surface area contributed by atoms with E-state index in [2.05, 4.69) is 4.74 Å². The lowest BCUT2D eigenvalue weighted by atomic mass is 10.1. The van der Waals surface area contributed by atoms with Crippen LogP contribution in [-0.2, 0) is 9.59 Å². The van der Waals surface area contributed by atoms with Gasteiger partial charge in [-0.1, -0.05) is 0 Å². The van der Waals surface area contributed by atoms with Gasteiger partial charge in [-0.25, -0.2) is 13.6 Å². The van der Waals surface area contributed by atoms with Crippen LogP contribution in [0.5, 0.6) is 5.75 Å². The van der Waals surface area contributed by atoms with Gasteiger partial charge in [0.2, 0.25) is 0 Å². The molecule has 1 rings (SSSR count). The number of ether oxygens (including phenoxy) is 1. The summed E-state index contributed by atoms with van der Waals surface area (Å²) in [5, 5.41) is 8.27. The number of ketones is 1. The maximum atomic E-state index is 13.3. The zero-order chi connectivity index (χ0) is 13.0. The highest BCUT2D eigenvalue weighted by Gasteiger charge is 2.11. The smallest absolute Gasteiger partial charge is 0.376 e. The summed E-state index contributed by atoms with van der Waals surface area (Å²) in [7, 11) is 1.25. The molecule has 1 aromatic carbocycles. The summed E-state index contributed by atoms with van der Waals surface area (Å²) in [5.41, 5.74) is -0.500. The summed E-state index contributed by atoms with van der Waals surface area (Å²) in [4.78, 5) is 20.9. The van der Waals surface area contributed by atoms with Gasteiger partial charge in [0, 0.05) is 17.7 Å². The third-order valence-corrected chi connectivity index (χ3v) is 1.90. The predicted octanol–water partition coefficient (Wildman–Crippen LogP) is 1.64. The number of halogens is 2. The van der Waals surface area contributed by atoms with Crippen LogP contribution < -0.4 is 4.74 Å². The van der Waals surface area contributed by atoms with Crippen molar-refractivity contribution < 1.29 is 28.2 Å². The lowest BCUT2D eigenvalue weighted by Crippen LogP contribution is -2.08. The van der Waals surface area contributed by atoms with E-state index in [1.807, 2.05) is 0 Å². The van der Waals surface area contributed by atoms with Gasteiger partial charge in [-0.2, -0.15) is 0 Å². The van der Waals surface area contributed by atoms with Gasteiger partial charge < -0.3 is 9.84 Å². The third kappa shape index (κ3) is 3.10. The van der Waals surface area contributed by atoms with Crippen LogP contribution in [0.3, 0.4) is 0 Å². The van der Waals surface area contributed by atoms with Crippen molar-refractivity contribution in [1.29, 1.82) is 0 Å². The fourth-order valence-electron chi connectivity index (χ4n) is 1.07. The van der Waals surface area contributed by atoms with Crippen LogP contribution in [0.1, 0.15) is 5.56 Å². The quantitative estimate of drug-likeness (QED) is 0.644. The number of carboxylic acids is 1. The van der Waals surface area contributed by atoms with E-state index >= 15 is 0 Å². The van der Waals surface area contributed by atoms with Crippen LogP contribution in [0.25, 0.3) is 6.08 Å². The molecular weight excluding hydrogens is 234 g/mol. The summed E-state index contributed by atoms with van der Waals surface area (Å²) in [5.74, 6) is -4.87. The number of carbonyl (C=O) groups is 2. The molecule has 0 aliphatic heterocycles. The Morgan fingerprint density at radius 2 is 1.82 bits per heavy atom. The average Bonchev–Trinajstić information content (AvgIpc) is 2.27. The van der Waals surface area contributed by atoms with Crippen molar-refractivity contribution in [3.05, 3.63) is 35.4 Å². The van der Waals surface area contributed by atoms with Gasteiger partial charge in [-0.05, 0) is 12.2 Å². The van der Waals surface area contributed by atoms with Gasteiger partial charge in [0.25, 0.3) is 5.78 Å². The molecule has 90 valence electrons. The van der Waals surface area contributed by atoms with Crippen LogP contribution in [-0.4, -0.2) is 24.0 Å².